The smallest absolute Gasteiger partial charge is 0.322 e. The number of anilines is 1. The molecule has 1 unspecified atom stereocenters. The number of rotatable bonds is 3. The second kappa shape index (κ2) is 8.39. The number of likely N-dealkylation sites (tertiary alicyclic amines) is 1. The first-order valence-corrected chi connectivity index (χ1v) is 10.7. The Morgan fingerprint density at radius 1 is 1.12 bits per heavy atom. The topological polar surface area (TPSA) is 54.0 Å². The monoisotopic (exact) mass is 377 g/mol. The largest absolute Gasteiger partial charge is 0.454 e. The molecule has 142 valence electrons. The minimum absolute atomic E-state index is 0.00613. The summed E-state index contributed by atoms with van der Waals surface area (Å²) in [6.45, 7) is 4.38. The predicted molar refractivity (Wildman–Crippen MR) is 104 cm³/mol. The van der Waals surface area contributed by atoms with E-state index in [-0.39, 0.29) is 18.9 Å². The fraction of sp³-hybridized carbons (Fsp3) is 0.632. The second-order valence-electron chi connectivity index (χ2n) is 7.14. The van der Waals surface area contributed by atoms with Crippen LogP contribution in [0.3, 0.4) is 0 Å². The van der Waals surface area contributed by atoms with E-state index in [0.717, 1.165) is 42.5 Å². The summed E-state index contributed by atoms with van der Waals surface area (Å²) in [6.07, 6.45) is 4.95. The van der Waals surface area contributed by atoms with Gasteiger partial charge in [0.2, 0.25) is 6.79 Å². The highest BCUT2D eigenvalue weighted by atomic mass is 32.2. The molecular formula is C19H27N3O3S. The van der Waals surface area contributed by atoms with Crippen molar-refractivity contribution in [2.24, 2.45) is 0 Å². The fourth-order valence-corrected chi connectivity index (χ4v) is 4.91. The SMILES string of the molecule is O=C(Nc1ccc2c(c1)OCO2)N1CCCSCC1CN1CCCCC1. The number of carbonyl (C=O) groups excluding carboxylic acids is 1. The average molecular weight is 378 g/mol. The molecule has 26 heavy (non-hydrogen) atoms. The van der Waals surface area contributed by atoms with Crippen LogP contribution in [0.15, 0.2) is 18.2 Å². The van der Waals surface area contributed by atoms with Gasteiger partial charge < -0.3 is 24.6 Å². The number of urea groups is 1. The minimum atomic E-state index is -0.00613. The van der Waals surface area contributed by atoms with Gasteiger partial charge in [-0.25, -0.2) is 4.79 Å². The molecule has 0 radical (unpaired) electrons. The van der Waals surface area contributed by atoms with E-state index < -0.39 is 0 Å². The zero-order valence-electron chi connectivity index (χ0n) is 15.1. The van der Waals surface area contributed by atoms with Crippen LogP contribution in [0.2, 0.25) is 0 Å². The van der Waals surface area contributed by atoms with E-state index in [2.05, 4.69) is 10.2 Å². The predicted octanol–water partition coefficient (Wildman–Crippen LogP) is 3.24. The molecule has 1 aromatic rings. The van der Waals surface area contributed by atoms with Crippen LogP contribution < -0.4 is 14.8 Å². The van der Waals surface area contributed by atoms with Crippen molar-refractivity contribution in [2.75, 3.05) is 49.8 Å². The molecule has 4 rings (SSSR count). The van der Waals surface area contributed by atoms with E-state index in [0.29, 0.717) is 5.75 Å². The van der Waals surface area contributed by atoms with Crippen molar-refractivity contribution < 1.29 is 14.3 Å². The van der Waals surface area contributed by atoms with Crippen LogP contribution in [0.1, 0.15) is 25.7 Å². The van der Waals surface area contributed by atoms with Crippen LogP contribution in [-0.2, 0) is 0 Å². The Morgan fingerprint density at radius 2 is 1.96 bits per heavy atom. The summed E-state index contributed by atoms with van der Waals surface area (Å²) in [7, 11) is 0. The Bertz CT molecular complexity index is 636. The van der Waals surface area contributed by atoms with Crippen molar-refractivity contribution in [1.82, 2.24) is 9.80 Å². The Kier molecular flexibility index (Phi) is 5.75. The summed E-state index contributed by atoms with van der Waals surface area (Å²) in [6, 6.07) is 5.83. The van der Waals surface area contributed by atoms with Crippen molar-refractivity contribution in [1.29, 1.82) is 0 Å². The van der Waals surface area contributed by atoms with Gasteiger partial charge in [-0.1, -0.05) is 6.42 Å². The van der Waals surface area contributed by atoms with Crippen LogP contribution in [0.5, 0.6) is 11.5 Å². The summed E-state index contributed by atoms with van der Waals surface area (Å²) < 4.78 is 10.7. The molecule has 6 nitrogen and oxygen atoms in total. The van der Waals surface area contributed by atoms with Crippen LogP contribution in [-0.4, -0.2) is 66.4 Å². The van der Waals surface area contributed by atoms with E-state index in [1.54, 1.807) is 0 Å². The van der Waals surface area contributed by atoms with Gasteiger partial charge in [-0.05, 0) is 50.2 Å². The number of ether oxygens (including phenoxy) is 2. The quantitative estimate of drug-likeness (QED) is 0.876. The summed E-state index contributed by atoms with van der Waals surface area (Å²) in [5.74, 6) is 3.58. The number of hydrogen-bond donors (Lipinski definition) is 1. The molecule has 3 heterocycles. The lowest BCUT2D eigenvalue weighted by molar-refractivity contribution is 0.151. The number of benzene rings is 1. The van der Waals surface area contributed by atoms with Crippen LogP contribution in [0.25, 0.3) is 0 Å². The van der Waals surface area contributed by atoms with Crippen molar-refractivity contribution in [3.8, 4) is 11.5 Å². The van der Waals surface area contributed by atoms with Crippen LogP contribution in [0.4, 0.5) is 10.5 Å². The van der Waals surface area contributed by atoms with Gasteiger partial charge in [0.05, 0.1) is 6.04 Å². The van der Waals surface area contributed by atoms with Crippen molar-refractivity contribution in [3.05, 3.63) is 18.2 Å². The highest BCUT2D eigenvalue weighted by Crippen LogP contribution is 2.34. The molecule has 1 atom stereocenters. The molecule has 3 aliphatic rings. The summed E-state index contributed by atoms with van der Waals surface area (Å²) in [5.41, 5.74) is 0.757. The molecule has 1 aromatic carbocycles. The lowest BCUT2D eigenvalue weighted by atomic mass is 10.1. The average Bonchev–Trinajstić information content (AvgIpc) is 3.00. The van der Waals surface area contributed by atoms with E-state index in [1.807, 2.05) is 34.9 Å². The third-order valence-electron chi connectivity index (χ3n) is 5.24. The van der Waals surface area contributed by atoms with Crippen molar-refractivity contribution in [2.45, 2.75) is 31.7 Å². The standard InChI is InChI=1S/C19H27N3O3S/c23-19(20-15-5-6-17-18(11-15)25-14-24-17)22-9-4-10-26-13-16(22)12-21-7-2-1-3-8-21/h5-6,11,16H,1-4,7-10,12-14H2,(H,20,23). The summed E-state index contributed by atoms with van der Waals surface area (Å²) in [5, 5.41) is 3.06. The Labute approximate surface area is 159 Å². The number of nitrogens with one attached hydrogen (secondary N) is 1. The Hall–Kier alpha value is -1.60. The second-order valence-corrected chi connectivity index (χ2v) is 8.28. The first kappa shape index (κ1) is 17.8. The van der Waals surface area contributed by atoms with Gasteiger partial charge in [0.1, 0.15) is 0 Å². The highest BCUT2D eigenvalue weighted by Gasteiger charge is 2.28. The number of nitrogens with zero attached hydrogens (tertiary/aromatic N) is 2. The number of piperidine rings is 1. The number of amides is 2. The lowest BCUT2D eigenvalue weighted by Crippen LogP contribution is -2.50. The molecule has 0 spiro atoms. The third-order valence-corrected chi connectivity index (χ3v) is 6.44. The Morgan fingerprint density at radius 3 is 2.85 bits per heavy atom. The van der Waals surface area contributed by atoms with Crippen LogP contribution in [0, 0.1) is 0 Å². The molecule has 2 amide bonds. The number of hydrogen-bond acceptors (Lipinski definition) is 5. The molecule has 0 bridgehead atoms. The normalized spacial score (nSPS) is 23.5. The van der Waals surface area contributed by atoms with E-state index in [4.69, 9.17) is 9.47 Å². The van der Waals surface area contributed by atoms with Gasteiger partial charge >= 0.3 is 6.03 Å². The summed E-state index contributed by atoms with van der Waals surface area (Å²) in [4.78, 5) is 17.6. The van der Waals surface area contributed by atoms with E-state index in [1.165, 1.54) is 32.4 Å². The van der Waals surface area contributed by atoms with Gasteiger partial charge in [0, 0.05) is 30.6 Å². The molecular weight excluding hydrogens is 350 g/mol. The molecule has 0 aliphatic carbocycles. The maximum atomic E-state index is 13.0. The van der Waals surface area contributed by atoms with Crippen molar-refractivity contribution in [3.63, 3.8) is 0 Å². The van der Waals surface area contributed by atoms with Crippen LogP contribution >= 0.6 is 11.8 Å². The molecule has 3 aliphatic heterocycles. The number of fused-ring (bicyclic) bond motifs is 1. The molecule has 0 saturated carbocycles. The zero-order valence-corrected chi connectivity index (χ0v) is 15.9. The van der Waals surface area contributed by atoms with Gasteiger partial charge in [-0.15, -0.1) is 0 Å². The molecule has 7 heteroatoms. The number of thioether (sulfide) groups is 1. The van der Waals surface area contributed by atoms with Crippen molar-refractivity contribution >= 4 is 23.5 Å². The molecule has 1 N–H and O–H groups in total. The minimum Gasteiger partial charge on any atom is -0.454 e. The number of carbonyl (C=O) groups is 1. The first-order valence-electron chi connectivity index (χ1n) is 9.57. The maximum absolute atomic E-state index is 13.0. The zero-order chi connectivity index (χ0) is 17.8. The van der Waals surface area contributed by atoms with E-state index >= 15 is 0 Å². The summed E-state index contributed by atoms with van der Waals surface area (Å²) >= 11 is 1.97. The molecule has 0 aromatic heterocycles. The maximum Gasteiger partial charge on any atom is 0.322 e. The molecule has 2 fully saturated rings. The van der Waals surface area contributed by atoms with E-state index in [9.17, 15) is 4.79 Å². The molecule has 2 saturated heterocycles. The van der Waals surface area contributed by atoms with Gasteiger partial charge in [-0.3, -0.25) is 0 Å². The lowest BCUT2D eigenvalue weighted by Gasteiger charge is -2.35. The Balaban J connectivity index is 1.42. The first-order chi connectivity index (χ1) is 12.8. The fourth-order valence-electron chi connectivity index (χ4n) is 3.86. The van der Waals surface area contributed by atoms with Gasteiger partial charge in [-0.2, -0.15) is 11.8 Å². The van der Waals surface area contributed by atoms with Gasteiger partial charge in [0.25, 0.3) is 0 Å². The van der Waals surface area contributed by atoms with Gasteiger partial charge in [0.15, 0.2) is 11.5 Å². The third kappa shape index (κ3) is 4.20. The highest BCUT2D eigenvalue weighted by molar-refractivity contribution is 7.99.